The van der Waals surface area contributed by atoms with Gasteiger partial charge in [-0.1, -0.05) is 6.58 Å². The Morgan fingerprint density at radius 1 is 1.36 bits per heavy atom. The van der Waals surface area contributed by atoms with E-state index in [2.05, 4.69) is 6.58 Å². The van der Waals surface area contributed by atoms with Crippen molar-refractivity contribution in [1.82, 2.24) is 8.97 Å². The fourth-order valence-electron chi connectivity index (χ4n) is 2.77. The van der Waals surface area contributed by atoms with Gasteiger partial charge in [-0.2, -0.15) is 0 Å². The van der Waals surface area contributed by atoms with E-state index in [4.69, 9.17) is 9.15 Å². The second-order valence-corrected chi connectivity index (χ2v) is 5.25. The molecule has 0 aliphatic heterocycles. The van der Waals surface area contributed by atoms with Crippen molar-refractivity contribution < 1.29 is 13.9 Å². The minimum absolute atomic E-state index is 0.113. The van der Waals surface area contributed by atoms with Crippen molar-refractivity contribution in [2.24, 2.45) is 0 Å². The van der Waals surface area contributed by atoms with Crippen molar-refractivity contribution in [2.45, 2.75) is 33.2 Å². The second-order valence-electron chi connectivity index (χ2n) is 5.25. The molecule has 116 valence electrons. The molecule has 3 heterocycles. The summed E-state index contributed by atoms with van der Waals surface area (Å²) >= 11 is 0. The Hall–Kier alpha value is -2.50. The summed E-state index contributed by atoms with van der Waals surface area (Å²) in [6.45, 7) is 8.45. The molecule has 0 aliphatic carbocycles. The number of carbonyl (C=O) groups is 1. The summed E-state index contributed by atoms with van der Waals surface area (Å²) in [6.07, 6.45) is 0.835. The van der Waals surface area contributed by atoms with E-state index in [1.165, 1.54) is 0 Å². The van der Waals surface area contributed by atoms with Crippen molar-refractivity contribution >= 4 is 29.2 Å². The van der Waals surface area contributed by atoms with Crippen LogP contribution >= 0.6 is 0 Å². The lowest BCUT2D eigenvalue weighted by atomic mass is 10.3. The Labute approximate surface area is 126 Å². The van der Waals surface area contributed by atoms with Crippen molar-refractivity contribution in [1.29, 1.82) is 0 Å². The monoisotopic (exact) mass is 302 g/mol. The molecule has 0 aliphatic rings. The summed E-state index contributed by atoms with van der Waals surface area (Å²) in [5.74, 6) is 0.550. The summed E-state index contributed by atoms with van der Waals surface area (Å²) in [6, 6.07) is 3.63. The average Bonchev–Trinajstić information content (AvgIpc) is 3.04. The maximum Gasteiger partial charge on any atom is 0.305 e. The summed E-state index contributed by atoms with van der Waals surface area (Å²) in [5, 5.41) is 0. The van der Waals surface area contributed by atoms with E-state index < -0.39 is 0 Å². The van der Waals surface area contributed by atoms with Gasteiger partial charge >= 0.3 is 5.97 Å². The molecule has 0 N–H and O–H groups in total. The highest BCUT2D eigenvalue weighted by molar-refractivity contribution is 5.83. The zero-order valence-electron chi connectivity index (χ0n) is 12.7. The molecule has 6 nitrogen and oxygen atoms in total. The lowest BCUT2D eigenvalue weighted by Gasteiger charge is -2.02. The molecule has 0 atom stereocenters. The molecule has 0 unspecified atom stereocenters. The fraction of sp³-hybridized carbons (Fsp3) is 0.375. The number of nitrogens with zero attached hydrogens (tertiary/aromatic N) is 2. The summed E-state index contributed by atoms with van der Waals surface area (Å²) in [4.78, 5) is 23.8. The normalized spacial score (nSPS) is 11.5. The van der Waals surface area contributed by atoms with Gasteiger partial charge in [0.1, 0.15) is 16.8 Å². The predicted molar refractivity (Wildman–Crippen MR) is 82.8 cm³/mol. The number of furan rings is 1. The maximum absolute atomic E-state index is 12.4. The lowest BCUT2D eigenvalue weighted by molar-refractivity contribution is -0.143. The Kier molecular flexibility index (Phi) is 3.52. The SMILES string of the molecule is C=c1n(CCCC(=O)OCC)c(=O)c2cc3oc(C)cc3n12. The lowest BCUT2D eigenvalue weighted by Crippen LogP contribution is -2.27. The van der Waals surface area contributed by atoms with Gasteiger partial charge in [0, 0.05) is 25.1 Å². The number of ether oxygens (including phenoxy) is 1. The average molecular weight is 302 g/mol. The van der Waals surface area contributed by atoms with Gasteiger partial charge < -0.3 is 9.15 Å². The number of esters is 1. The van der Waals surface area contributed by atoms with Gasteiger partial charge in [0.25, 0.3) is 5.56 Å². The first kappa shape index (κ1) is 14.4. The number of hydrogen-bond donors (Lipinski definition) is 0. The number of hydrogen-bond acceptors (Lipinski definition) is 4. The molecule has 3 rings (SSSR count). The third-order valence-corrected chi connectivity index (χ3v) is 3.71. The van der Waals surface area contributed by atoms with E-state index in [0.717, 1.165) is 11.3 Å². The molecule has 0 amide bonds. The van der Waals surface area contributed by atoms with Crippen molar-refractivity contribution in [3.63, 3.8) is 0 Å². The Morgan fingerprint density at radius 3 is 2.86 bits per heavy atom. The maximum atomic E-state index is 12.4. The van der Waals surface area contributed by atoms with Crippen LogP contribution in [-0.4, -0.2) is 21.5 Å². The highest BCUT2D eigenvalue weighted by Gasteiger charge is 2.15. The first-order chi connectivity index (χ1) is 10.5. The number of aryl methyl sites for hydroxylation is 1. The van der Waals surface area contributed by atoms with Gasteiger partial charge in [-0.25, -0.2) is 0 Å². The van der Waals surface area contributed by atoms with Crippen LogP contribution in [0.25, 0.3) is 23.2 Å². The Bertz CT molecular complexity index is 945. The largest absolute Gasteiger partial charge is 0.466 e. The highest BCUT2D eigenvalue weighted by Crippen LogP contribution is 2.20. The van der Waals surface area contributed by atoms with Crippen LogP contribution in [0.5, 0.6) is 0 Å². The van der Waals surface area contributed by atoms with Crippen LogP contribution in [0.15, 0.2) is 21.3 Å². The van der Waals surface area contributed by atoms with E-state index in [1.807, 2.05) is 13.0 Å². The Balaban J connectivity index is 1.92. The van der Waals surface area contributed by atoms with Gasteiger partial charge in [-0.3, -0.25) is 18.6 Å². The summed E-state index contributed by atoms with van der Waals surface area (Å²) < 4.78 is 13.8. The topological polar surface area (TPSA) is 65.8 Å². The molecule has 0 bridgehead atoms. The molecule has 0 radical (unpaired) electrons. The molecular weight excluding hydrogens is 284 g/mol. The minimum atomic E-state index is -0.243. The van der Waals surface area contributed by atoms with E-state index >= 15 is 0 Å². The minimum Gasteiger partial charge on any atom is -0.466 e. The van der Waals surface area contributed by atoms with Gasteiger partial charge in [0.2, 0.25) is 0 Å². The van der Waals surface area contributed by atoms with Gasteiger partial charge in [0.15, 0.2) is 5.58 Å². The number of aromatic nitrogens is 2. The quantitative estimate of drug-likeness (QED) is 0.672. The first-order valence-electron chi connectivity index (χ1n) is 7.31. The van der Waals surface area contributed by atoms with Crippen molar-refractivity contribution in [2.75, 3.05) is 6.61 Å². The molecule has 6 heteroatoms. The van der Waals surface area contributed by atoms with Crippen LogP contribution < -0.4 is 11.0 Å². The summed E-state index contributed by atoms with van der Waals surface area (Å²) in [7, 11) is 0. The van der Waals surface area contributed by atoms with E-state index in [9.17, 15) is 9.59 Å². The van der Waals surface area contributed by atoms with Gasteiger partial charge in [-0.05, 0) is 20.3 Å². The van der Waals surface area contributed by atoms with Crippen molar-refractivity contribution in [3.8, 4) is 0 Å². The van der Waals surface area contributed by atoms with E-state index in [0.29, 0.717) is 42.6 Å². The smallest absolute Gasteiger partial charge is 0.305 e. The summed E-state index contributed by atoms with van der Waals surface area (Å²) in [5.41, 5.74) is 2.57. The predicted octanol–water partition coefficient (Wildman–Crippen LogP) is 1.63. The van der Waals surface area contributed by atoms with Crippen LogP contribution in [0.4, 0.5) is 0 Å². The standard InChI is InChI=1S/C16H18N2O4/c1-4-21-15(19)6-5-7-17-11(3)18-12-8-10(2)22-14(12)9-13(18)16(17)20/h8-9H,3-7H2,1-2H3. The Morgan fingerprint density at radius 2 is 2.14 bits per heavy atom. The van der Waals surface area contributed by atoms with Crippen molar-refractivity contribution in [3.05, 3.63) is 33.7 Å². The highest BCUT2D eigenvalue weighted by atomic mass is 16.5. The number of imidazole rings is 1. The van der Waals surface area contributed by atoms with E-state index in [1.54, 1.807) is 22.0 Å². The molecule has 0 saturated heterocycles. The molecule has 0 aromatic carbocycles. The fourth-order valence-corrected chi connectivity index (χ4v) is 2.77. The van der Waals surface area contributed by atoms with Crippen LogP contribution in [0.3, 0.4) is 0 Å². The second kappa shape index (κ2) is 5.36. The van der Waals surface area contributed by atoms with Crippen LogP contribution in [0, 0.1) is 6.92 Å². The molecule has 0 spiro atoms. The molecule has 22 heavy (non-hydrogen) atoms. The molecule has 3 aromatic rings. The zero-order valence-corrected chi connectivity index (χ0v) is 12.7. The number of carbonyl (C=O) groups excluding carboxylic acids is 1. The molecular formula is C16H18N2O4. The van der Waals surface area contributed by atoms with Gasteiger partial charge in [-0.15, -0.1) is 0 Å². The number of fused-ring (bicyclic) bond motifs is 3. The van der Waals surface area contributed by atoms with E-state index in [-0.39, 0.29) is 11.5 Å². The zero-order chi connectivity index (χ0) is 15.9. The van der Waals surface area contributed by atoms with Gasteiger partial charge in [0.05, 0.1) is 12.1 Å². The first-order valence-corrected chi connectivity index (χ1v) is 7.31. The third-order valence-electron chi connectivity index (χ3n) is 3.71. The third kappa shape index (κ3) is 2.20. The number of rotatable bonds is 5. The molecule has 3 aromatic heterocycles. The van der Waals surface area contributed by atoms with Crippen LogP contribution in [0.1, 0.15) is 25.5 Å². The van der Waals surface area contributed by atoms with Crippen LogP contribution in [-0.2, 0) is 16.1 Å². The molecule has 0 saturated carbocycles. The molecule has 0 fully saturated rings. The van der Waals surface area contributed by atoms with Crippen LogP contribution in [0.2, 0.25) is 0 Å².